The molecule has 0 fully saturated rings. The Balaban J connectivity index is 1.59. The SMILES string of the molecule is CSc1ccc(S(=O)(=O)N(CC(=O)NCCCSCc2ccc(Cl)cc2)c2cccc(F)c2)cc1. The van der Waals surface area contributed by atoms with Crippen molar-refractivity contribution in [1.82, 2.24) is 5.32 Å². The lowest BCUT2D eigenvalue weighted by atomic mass is 10.2. The van der Waals surface area contributed by atoms with Crippen molar-refractivity contribution in [2.75, 3.05) is 29.4 Å². The number of benzene rings is 3. The first-order valence-electron chi connectivity index (χ1n) is 10.8. The van der Waals surface area contributed by atoms with Crippen LogP contribution < -0.4 is 9.62 Å². The first-order chi connectivity index (χ1) is 16.8. The minimum atomic E-state index is -4.08. The molecule has 0 radical (unpaired) electrons. The molecular formula is C25H26ClFN2O3S3. The minimum absolute atomic E-state index is 0.0333. The van der Waals surface area contributed by atoms with E-state index in [-0.39, 0.29) is 10.6 Å². The molecule has 3 aromatic carbocycles. The second-order valence-corrected chi connectivity index (χ2v) is 11.8. The first kappa shape index (κ1) is 27.4. The molecule has 3 aromatic rings. The smallest absolute Gasteiger partial charge is 0.264 e. The highest BCUT2D eigenvalue weighted by Gasteiger charge is 2.27. The van der Waals surface area contributed by atoms with E-state index in [2.05, 4.69) is 5.32 Å². The van der Waals surface area contributed by atoms with Crippen LogP contribution in [0.15, 0.2) is 82.6 Å². The average Bonchev–Trinajstić information content (AvgIpc) is 2.85. The number of amides is 1. The molecule has 35 heavy (non-hydrogen) atoms. The van der Waals surface area contributed by atoms with Gasteiger partial charge in [-0.05, 0) is 78.6 Å². The quantitative estimate of drug-likeness (QED) is 0.226. The third kappa shape index (κ3) is 8.17. The normalized spacial score (nSPS) is 11.3. The van der Waals surface area contributed by atoms with Crippen LogP contribution in [0.25, 0.3) is 0 Å². The van der Waals surface area contributed by atoms with E-state index >= 15 is 0 Å². The molecule has 0 aliphatic carbocycles. The number of thioether (sulfide) groups is 2. The topological polar surface area (TPSA) is 66.5 Å². The largest absolute Gasteiger partial charge is 0.354 e. The number of nitrogens with one attached hydrogen (secondary N) is 1. The Morgan fingerprint density at radius 1 is 1.06 bits per heavy atom. The standard InChI is InChI=1S/C25H26ClFN2O3S3/c1-33-23-10-12-24(13-11-23)35(31,32)29(22-5-2-4-21(27)16-22)17-25(30)28-14-3-15-34-18-19-6-8-20(26)9-7-19/h2,4-13,16H,3,14-15,17-18H2,1H3,(H,28,30). The van der Waals surface area contributed by atoms with E-state index in [1.807, 2.05) is 30.5 Å². The molecule has 0 heterocycles. The maximum Gasteiger partial charge on any atom is 0.264 e. The number of carbonyl (C=O) groups is 1. The van der Waals surface area contributed by atoms with Crippen LogP contribution in [0.3, 0.4) is 0 Å². The summed E-state index contributed by atoms with van der Waals surface area (Å²) in [6.07, 6.45) is 2.62. The fraction of sp³-hybridized carbons (Fsp3) is 0.240. The second-order valence-electron chi connectivity index (χ2n) is 7.55. The minimum Gasteiger partial charge on any atom is -0.354 e. The highest BCUT2D eigenvalue weighted by atomic mass is 35.5. The molecule has 0 aromatic heterocycles. The van der Waals surface area contributed by atoms with E-state index in [1.54, 1.807) is 23.9 Å². The van der Waals surface area contributed by atoms with Crippen LogP contribution in [-0.2, 0) is 20.6 Å². The van der Waals surface area contributed by atoms with E-state index in [0.29, 0.717) is 11.6 Å². The summed E-state index contributed by atoms with van der Waals surface area (Å²) in [6.45, 7) is -0.0418. The molecule has 0 bridgehead atoms. The molecule has 5 nitrogen and oxygen atoms in total. The van der Waals surface area contributed by atoms with E-state index in [1.165, 1.54) is 47.7 Å². The van der Waals surface area contributed by atoms with E-state index in [0.717, 1.165) is 33.2 Å². The van der Waals surface area contributed by atoms with Crippen molar-refractivity contribution in [2.45, 2.75) is 22.0 Å². The number of hydrogen-bond donors (Lipinski definition) is 1. The van der Waals surface area contributed by atoms with E-state index < -0.39 is 28.3 Å². The molecule has 0 aliphatic heterocycles. The zero-order valence-electron chi connectivity index (χ0n) is 19.1. The maximum atomic E-state index is 13.9. The second kappa shape index (κ2) is 13.2. The zero-order valence-corrected chi connectivity index (χ0v) is 22.3. The van der Waals surface area contributed by atoms with Crippen molar-refractivity contribution in [3.8, 4) is 0 Å². The molecule has 10 heteroatoms. The highest BCUT2D eigenvalue weighted by molar-refractivity contribution is 7.98. The van der Waals surface area contributed by atoms with Crippen LogP contribution in [0.2, 0.25) is 5.02 Å². The number of nitrogens with zero attached hydrogens (tertiary/aromatic N) is 1. The number of carbonyl (C=O) groups excluding carboxylic acids is 1. The molecule has 0 unspecified atom stereocenters. The van der Waals surface area contributed by atoms with Gasteiger partial charge in [0.05, 0.1) is 10.6 Å². The van der Waals surface area contributed by atoms with Crippen LogP contribution in [0.1, 0.15) is 12.0 Å². The number of rotatable bonds is 12. The predicted molar refractivity (Wildman–Crippen MR) is 144 cm³/mol. The van der Waals surface area contributed by atoms with Gasteiger partial charge in [0.15, 0.2) is 0 Å². The van der Waals surface area contributed by atoms with Gasteiger partial charge in [-0.25, -0.2) is 12.8 Å². The summed E-state index contributed by atoms with van der Waals surface area (Å²) in [7, 11) is -4.08. The van der Waals surface area contributed by atoms with Crippen LogP contribution in [-0.4, -0.2) is 39.4 Å². The van der Waals surface area contributed by atoms with Gasteiger partial charge in [-0.3, -0.25) is 9.10 Å². The Labute approximate surface area is 219 Å². The van der Waals surface area contributed by atoms with Crippen molar-refractivity contribution in [1.29, 1.82) is 0 Å². The Bertz CT molecular complexity index is 1220. The first-order valence-corrected chi connectivity index (χ1v) is 15.0. The van der Waals surface area contributed by atoms with Crippen molar-refractivity contribution in [3.05, 3.63) is 89.2 Å². The molecule has 3 rings (SSSR count). The van der Waals surface area contributed by atoms with Gasteiger partial charge in [0.1, 0.15) is 12.4 Å². The Kier molecular flexibility index (Phi) is 10.3. The van der Waals surface area contributed by atoms with Crippen molar-refractivity contribution >= 4 is 56.7 Å². The summed E-state index contributed by atoms with van der Waals surface area (Å²) in [5, 5.41) is 3.47. The van der Waals surface area contributed by atoms with E-state index in [4.69, 9.17) is 11.6 Å². The van der Waals surface area contributed by atoms with Crippen LogP contribution in [0.5, 0.6) is 0 Å². The lowest BCUT2D eigenvalue weighted by Gasteiger charge is -2.24. The number of halogens is 2. The van der Waals surface area contributed by atoms with Gasteiger partial charge in [0.2, 0.25) is 5.91 Å². The fourth-order valence-electron chi connectivity index (χ4n) is 3.18. The molecule has 186 valence electrons. The average molecular weight is 553 g/mol. The summed E-state index contributed by atoms with van der Waals surface area (Å²) >= 11 is 9.12. The molecular weight excluding hydrogens is 527 g/mol. The van der Waals surface area contributed by atoms with Crippen molar-refractivity contribution < 1.29 is 17.6 Å². The van der Waals surface area contributed by atoms with Crippen molar-refractivity contribution in [3.63, 3.8) is 0 Å². The number of sulfonamides is 1. The molecule has 0 spiro atoms. The molecule has 0 saturated carbocycles. The zero-order chi connectivity index (χ0) is 25.3. The lowest BCUT2D eigenvalue weighted by molar-refractivity contribution is -0.119. The molecule has 0 saturated heterocycles. The number of hydrogen-bond acceptors (Lipinski definition) is 5. The van der Waals surface area contributed by atoms with Crippen LogP contribution in [0.4, 0.5) is 10.1 Å². The van der Waals surface area contributed by atoms with E-state index in [9.17, 15) is 17.6 Å². The van der Waals surface area contributed by atoms with Gasteiger partial charge < -0.3 is 5.32 Å². The molecule has 0 atom stereocenters. The third-order valence-corrected chi connectivity index (χ3v) is 8.90. The Hall–Kier alpha value is -2.20. The summed E-state index contributed by atoms with van der Waals surface area (Å²) in [5.41, 5.74) is 1.26. The van der Waals surface area contributed by atoms with Gasteiger partial charge in [-0.15, -0.1) is 11.8 Å². The fourth-order valence-corrected chi connectivity index (χ4v) is 6.05. The molecule has 1 N–H and O–H groups in total. The molecule has 0 aliphatic rings. The number of anilines is 1. The van der Waals surface area contributed by atoms with Gasteiger partial charge in [0.25, 0.3) is 10.0 Å². The van der Waals surface area contributed by atoms with Crippen LogP contribution >= 0.6 is 35.1 Å². The summed E-state index contributed by atoms with van der Waals surface area (Å²) in [5.74, 6) is 0.627. The van der Waals surface area contributed by atoms with Gasteiger partial charge >= 0.3 is 0 Å². The monoisotopic (exact) mass is 552 g/mol. The predicted octanol–water partition coefficient (Wildman–Crippen LogP) is 5.84. The summed E-state index contributed by atoms with van der Waals surface area (Å²) in [4.78, 5) is 13.6. The maximum absolute atomic E-state index is 13.9. The summed E-state index contributed by atoms with van der Waals surface area (Å²) < 4.78 is 41.5. The van der Waals surface area contributed by atoms with Crippen LogP contribution in [0, 0.1) is 5.82 Å². The van der Waals surface area contributed by atoms with Gasteiger partial charge in [-0.1, -0.05) is 29.8 Å². The lowest BCUT2D eigenvalue weighted by Crippen LogP contribution is -2.41. The van der Waals surface area contributed by atoms with Gasteiger partial charge in [-0.2, -0.15) is 11.8 Å². The van der Waals surface area contributed by atoms with Gasteiger partial charge in [0, 0.05) is 22.2 Å². The molecule has 1 amide bonds. The highest BCUT2D eigenvalue weighted by Crippen LogP contribution is 2.26. The third-order valence-electron chi connectivity index (χ3n) is 5.00. The Morgan fingerprint density at radius 2 is 1.77 bits per heavy atom. The van der Waals surface area contributed by atoms with Crippen molar-refractivity contribution in [2.24, 2.45) is 0 Å². The summed E-state index contributed by atoms with van der Waals surface area (Å²) in [6, 6.07) is 19.3. The Morgan fingerprint density at radius 3 is 2.43 bits per heavy atom.